The lowest BCUT2D eigenvalue weighted by atomic mass is 9.71. The Hall–Kier alpha value is -5.44. The van der Waals surface area contributed by atoms with E-state index in [0.29, 0.717) is 23.3 Å². The van der Waals surface area contributed by atoms with Crippen molar-refractivity contribution in [3.8, 4) is 0 Å². The van der Waals surface area contributed by atoms with Crippen molar-refractivity contribution in [3.05, 3.63) is 128 Å². The highest BCUT2D eigenvalue weighted by Gasteiger charge is 2.73. The van der Waals surface area contributed by atoms with Crippen LogP contribution in [0.4, 0.5) is 26.3 Å². The highest BCUT2D eigenvalue weighted by atomic mass is 32.2. The third kappa shape index (κ3) is 6.18. The maximum atomic E-state index is 15.2. The van der Waals surface area contributed by atoms with Gasteiger partial charge >= 0.3 is 32.6 Å². The van der Waals surface area contributed by atoms with E-state index in [9.17, 15) is 36.0 Å². The fourth-order valence-corrected chi connectivity index (χ4v) is 8.66. The molecular formula is C35H24F6N2O10S2. The van der Waals surface area contributed by atoms with E-state index in [-0.39, 0.29) is 45.5 Å². The van der Waals surface area contributed by atoms with Crippen LogP contribution in [0.2, 0.25) is 0 Å². The van der Waals surface area contributed by atoms with Crippen LogP contribution in [0.3, 0.4) is 0 Å². The standard InChI is InChI=1S/C35H24F6N2O10S2/c1-17-5-7-19(3)27(13-17)54(48,49)52-42-29(44)23-11-9-21(15-25(23)31(42)46)33(34(36,37)38,35(39,40)41)22-10-12-24-26(16-22)32(47)43(30(24)45)53-55(50,51)28-14-18(2)6-8-20(28)4/h5-16H,1-4H3. The summed E-state index contributed by atoms with van der Waals surface area (Å²) in [6.07, 6.45) is -12.6. The van der Waals surface area contributed by atoms with Gasteiger partial charge in [-0.05, 0) is 97.5 Å². The lowest BCUT2D eigenvalue weighted by molar-refractivity contribution is -0.288. The number of rotatable bonds is 8. The molecule has 4 amide bonds. The molecule has 0 aliphatic carbocycles. The summed E-state index contributed by atoms with van der Waals surface area (Å²) < 4.78 is 153. The lowest BCUT2D eigenvalue weighted by Gasteiger charge is -2.38. The van der Waals surface area contributed by atoms with Gasteiger partial charge in [-0.3, -0.25) is 19.2 Å². The van der Waals surface area contributed by atoms with E-state index in [1.807, 2.05) is 0 Å². The number of hydrogen-bond donors (Lipinski definition) is 0. The minimum atomic E-state index is -6.32. The highest BCUT2D eigenvalue weighted by Crippen LogP contribution is 2.57. The summed E-state index contributed by atoms with van der Waals surface area (Å²) in [5.41, 5.74) is -11.1. The van der Waals surface area contributed by atoms with Gasteiger partial charge in [0.05, 0.1) is 32.0 Å². The number of amides is 4. The molecule has 0 unspecified atom stereocenters. The van der Waals surface area contributed by atoms with E-state index < -0.39 is 105 Å². The van der Waals surface area contributed by atoms with E-state index in [1.54, 1.807) is 12.1 Å². The number of fused-ring (bicyclic) bond motifs is 2. The number of nitrogens with zero attached hydrogens (tertiary/aromatic N) is 2. The van der Waals surface area contributed by atoms with Crippen molar-refractivity contribution in [2.75, 3.05) is 0 Å². The molecule has 0 N–H and O–H groups in total. The van der Waals surface area contributed by atoms with Gasteiger partial charge in [-0.1, -0.05) is 36.4 Å². The van der Waals surface area contributed by atoms with Gasteiger partial charge in [-0.25, -0.2) is 0 Å². The molecule has 0 saturated carbocycles. The topological polar surface area (TPSA) is 161 Å². The second-order valence-corrected chi connectivity index (χ2v) is 15.7. The zero-order chi connectivity index (χ0) is 40.8. The predicted octanol–water partition coefficient (Wildman–Crippen LogP) is 6.16. The average Bonchev–Trinajstić information content (AvgIpc) is 3.44. The SMILES string of the molecule is Cc1ccc(C)c(S(=O)(=O)ON2C(=O)c3ccc(C(c4ccc5c(c4)C(=O)N(OS(=O)(=O)c4cc(C)ccc4C)C5=O)(C(F)(F)F)C(F)(F)F)cc3C2=O)c1. The van der Waals surface area contributed by atoms with Crippen LogP contribution >= 0.6 is 0 Å². The molecule has 0 atom stereocenters. The van der Waals surface area contributed by atoms with Crippen LogP contribution in [0.5, 0.6) is 0 Å². The number of alkyl halides is 6. The van der Waals surface area contributed by atoms with Crippen molar-refractivity contribution in [1.82, 2.24) is 10.1 Å². The molecule has 6 rings (SSSR count). The number of carbonyl (C=O) groups is 4. The molecule has 2 aliphatic heterocycles. The molecule has 0 saturated heterocycles. The van der Waals surface area contributed by atoms with E-state index >= 15 is 26.3 Å². The van der Waals surface area contributed by atoms with Crippen LogP contribution in [0.15, 0.2) is 82.6 Å². The molecule has 2 heterocycles. The van der Waals surface area contributed by atoms with Gasteiger partial charge in [0, 0.05) is 0 Å². The summed E-state index contributed by atoms with van der Waals surface area (Å²) >= 11 is 0. The van der Waals surface area contributed by atoms with Crippen LogP contribution in [-0.4, -0.2) is 62.9 Å². The van der Waals surface area contributed by atoms with Crippen molar-refractivity contribution < 1.29 is 70.9 Å². The number of imide groups is 2. The van der Waals surface area contributed by atoms with Gasteiger partial charge in [-0.2, -0.15) is 43.2 Å². The summed E-state index contributed by atoms with van der Waals surface area (Å²) in [5, 5.41) is -0.621. The summed E-state index contributed by atoms with van der Waals surface area (Å²) in [4.78, 5) is 51.8. The Labute approximate surface area is 308 Å². The number of hydroxylamine groups is 4. The number of hydrogen-bond acceptors (Lipinski definition) is 10. The first-order valence-electron chi connectivity index (χ1n) is 15.6. The normalized spacial score (nSPS) is 15.2. The fourth-order valence-electron chi connectivity index (χ4n) is 6.25. The van der Waals surface area contributed by atoms with Crippen molar-refractivity contribution in [2.24, 2.45) is 0 Å². The first-order chi connectivity index (χ1) is 25.3. The highest BCUT2D eigenvalue weighted by molar-refractivity contribution is 7.87. The Morgan fingerprint density at radius 2 is 0.800 bits per heavy atom. The Morgan fingerprint density at radius 3 is 1.13 bits per heavy atom. The second-order valence-electron chi connectivity index (χ2n) is 12.7. The van der Waals surface area contributed by atoms with Crippen LogP contribution < -0.4 is 0 Å². The van der Waals surface area contributed by atoms with E-state index in [1.165, 1.54) is 39.8 Å². The second kappa shape index (κ2) is 12.8. The molecular weight excluding hydrogens is 787 g/mol. The zero-order valence-electron chi connectivity index (χ0n) is 28.5. The first-order valence-corrected chi connectivity index (χ1v) is 18.4. The van der Waals surface area contributed by atoms with Gasteiger partial charge in [0.1, 0.15) is 0 Å². The quantitative estimate of drug-likeness (QED) is 0.149. The summed E-state index contributed by atoms with van der Waals surface area (Å²) in [6, 6.07) is 9.70. The minimum Gasteiger partial charge on any atom is -0.266 e. The van der Waals surface area contributed by atoms with E-state index in [2.05, 4.69) is 0 Å². The number of aryl methyl sites for hydroxylation is 4. The molecule has 0 spiro atoms. The molecule has 20 heteroatoms. The van der Waals surface area contributed by atoms with Gasteiger partial charge in [0.15, 0.2) is 0 Å². The van der Waals surface area contributed by atoms with Gasteiger partial charge < -0.3 is 0 Å². The molecule has 55 heavy (non-hydrogen) atoms. The molecule has 4 aromatic rings. The maximum absolute atomic E-state index is 15.2. The van der Waals surface area contributed by atoms with Crippen molar-refractivity contribution >= 4 is 43.9 Å². The number of halogens is 6. The molecule has 0 bridgehead atoms. The van der Waals surface area contributed by atoms with Crippen LogP contribution in [-0.2, 0) is 34.2 Å². The molecule has 4 aromatic carbocycles. The third-order valence-electron chi connectivity index (χ3n) is 8.99. The Bertz CT molecular complexity index is 2430. The largest absolute Gasteiger partial charge is 0.411 e. The Morgan fingerprint density at radius 1 is 0.473 bits per heavy atom. The maximum Gasteiger partial charge on any atom is 0.411 e. The first kappa shape index (κ1) is 39.3. The van der Waals surface area contributed by atoms with Crippen molar-refractivity contribution in [3.63, 3.8) is 0 Å². The fraction of sp³-hybridized carbons (Fsp3) is 0.200. The molecule has 0 aromatic heterocycles. The molecule has 0 fully saturated rings. The summed E-state index contributed by atoms with van der Waals surface area (Å²) in [7, 11) is -9.89. The van der Waals surface area contributed by atoms with Crippen LogP contribution in [0, 0.1) is 27.7 Å². The van der Waals surface area contributed by atoms with Crippen molar-refractivity contribution in [1.29, 1.82) is 0 Å². The molecule has 288 valence electrons. The molecule has 2 aliphatic rings. The summed E-state index contributed by atoms with van der Waals surface area (Å²) in [6.45, 7) is 5.76. The predicted molar refractivity (Wildman–Crippen MR) is 175 cm³/mol. The molecule has 0 radical (unpaired) electrons. The van der Waals surface area contributed by atoms with Crippen LogP contribution in [0.25, 0.3) is 0 Å². The van der Waals surface area contributed by atoms with Crippen molar-refractivity contribution in [2.45, 2.75) is 55.3 Å². The number of benzene rings is 4. The van der Waals surface area contributed by atoms with Gasteiger partial charge in [0.25, 0.3) is 23.6 Å². The van der Waals surface area contributed by atoms with Gasteiger partial charge in [0.2, 0.25) is 5.41 Å². The zero-order valence-corrected chi connectivity index (χ0v) is 30.1. The Balaban J connectivity index is 1.42. The minimum absolute atomic E-state index is 0.0941. The summed E-state index contributed by atoms with van der Waals surface area (Å²) in [5.74, 6) is -6.44. The van der Waals surface area contributed by atoms with E-state index in [0.717, 1.165) is 12.1 Å². The number of carbonyl (C=O) groups excluding carboxylic acids is 4. The monoisotopic (exact) mass is 810 g/mol. The lowest BCUT2D eigenvalue weighted by Crippen LogP contribution is -2.55. The van der Waals surface area contributed by atoms with Crippen LogP contribution in [0.1, 0.15) is 74.8 Å². The third-order valence-corrected chi connectivity index (χ3v) is 11.6. The average molecular weight is 811 g/mol. The van der Waals surface area contributed by atoms with Gasteiger partial charge in [-0.15, -0.1) is 18.7 Å². The molecule has 12 nitrogen and oxygen atoms in total. The van der Waals surface area contributed by atoms with E-state index in [4.69, 9.17) is 8.57 Å². The smallest absolute Gasteiger partial charge is 0.266 e. The Kier molecular flexibility index (Phi) is 9.15.